The summed E-state index contributed by atoms with van der Waals surface area (Å²) < 4.78 is 0. The number of thioether (sulfide) groups is 1. The van der Waals surface area contributed by atoms with Gasteiger partial charge in [-0.2, -0.15) is 28.2 Å². The van der Waals surface area contributed by atoms with Crippen molar-refractivity contribution in [3.63, 3.8) is 0 Å². The number of rotatable bonds is 4. The van der Waals surface area contributed by atoms with E-state index < -0.39 is 0 Å². The Bertz CT molecular complexity index is 372. The molecule has 1 aliphatic heterocycles. The highest BCUT2D eigenvalue weighted by molar-refractivity contribution is 7.99. The molecule has 17 heavy (non-hydrogen) atoms. The highest BCUT2D eigenvalue weighted by Crippen LogP contribution is 2.08. The van der Waals surface area contributed by atoms with Crippen LogP contribution >= 0.6 is 23.1 Å². The largest absolute Gasteiger partial charge is 0.293 e. The second-order valence-corrected chi connectivity index (χ2v) is 5.74. The Morgan fingerprint density at radius 3 is 3.06 bits per heavy atom. The Labute approximate surface area is 109 Å². The van der Waals surface area contributed by atoms with Crippen molar-refractivity contribution in [1.29, 1.82) is 0 Å². The van der Waals surface area contributed by atoms with Gasteiger partial charge in [-0.3, -0.25) is 9.69 Å². The van der Waals surface area contributed by atoms with Crippen LogP contribution in [0.25, 0.3) is 0 Å². The lowest BCUT2D eigenvalue weighted by molar-refractivity contribution is -0.122. The lowest BCUT2D eigenvalue weighted by Crippen LogP contribution is -2.40. The van der Waals surface area contributed by atoms with Crippen molar-refractivity contribution in [2.24, 2.45) is 5.10 Å². The molecule has 0 bridgehead atoms. The van der Waals surface area contributed by atoms with Gasteiger partial charge >= 0.3 is 0 Å². The molecule has 0 saturated carbocycles. The zero-order chi connectivity index (χ0) is 11.9. The van der Waals surface area contributed by atoms with Crippen LogP contribution in [-0.4, -0.2) is 48.2 Å². The summed E-state index contributed by atoms with van der Waals surface area (Å²) in [6.45, 7) is 2.43. The normalized spacial score (nSPS) is 17.4. The van der Waals surface area contributed by atoms with Crippen molar-refractivity contribution in [3.05, 3.63) is 22.4 Å². The number of amides is 1. The molecule has 6 heteroatoms. The fraction of sp³-hybridized carbons (Fsp3) is 0.455. The van der Waals surface area contributed by atoms with E-state index in [1.54, 1.807) is 17.6 Å². The third kappa shape index (κ3) is 4.49. The van der Waals surface area contributed by atoms with Gasteiger partial charge in [0.1, 0.15) is 0 Å². The Morgan fingerprint density at radius 2 is 2.35 bits per heavy atom. The monoisotopic (exact) mass is 269 g/mol. The van der Waals surface area contributed by atoms with Gasteiger partial charge in [0.2, 0.25) is 0 Å². The average molecular weight is 269 g/mol. The predicted molar refractivity (Wildman–Crippen MR) is 73.8 cm³/mol. The molecule has 1 aliphatic rings. The SMILES string of the molecule is O=C(CN1CCSCC1)N/N=C/c1ccsc1. The van der Waals surface area contributed by atoms with Crippen LogP contribution in [-0.2, 0) is 4.79 Å². The number of nitrogens with zero attached hydrogens (tertiary/aromatic N) is 2. The molecule has 2 heterocycles. The van der Waals surface area contributed by atoms with Gasteiger partial charge in [-0.25, -0.2) is 5.43 Å². The van der Waals surface area contributed by atoms with Gasteiger partial charge in [-0.1, -0.05) is 0 Å². The zero-order valence-electron chi connectivity index (χ0n) is 9.46. The Morgan fingerprint density at radius 1 is 1.53 bits per heavy atom. The van der Waals surface area contributed by atoms with Crippen LogP contribution in [0.2, 0.25) is 0 Å². The van der Waals surface area contributed by atoms with E-state index in [1.807, 2.05) is 28.6 Å². The summed E-state index contributed by atoms with van der Waals surface area (Å²) >= 11 is 3.55. The quantitative estimate of drug-likeness (QED) is 0.661. The molecule has 2 rings (SSSR count). The molecular weight excluding hydrogens is 254 g/mol. The maximum atomic E-state index is 11.6. The molecule has 1 fully saturated rings. The minimum Gasteiger partial charge on any atom is -0.293 e. The lowest BCUT2D eigenvalue weighted by Gasteiger charge is -2.24. The molecule has 0 radical (unpaired) electrons. The van der Waals surface area contributed by atoms with E-state index in [4.69, 9.17) is 0 Å². The van der Waals surface area contributed by atoms with Crippen molar-refractivity contribution in [3.8, 4) is 0 Å². The molecule has 0 atom stereocenters. The van der Waals surface area contributed by atoms with Crippen molar-refractivity contribution in [2.75, 3.05) is 31.1 Å². The van der Waals surface area contributed by atoms with Gasteiger partial charge in [0, 0.05) is 30.2 Å². The number of nitrogens with one attached hydrogen (secondary N) is 1. The van der Waals surface area contributed by atoms with Crippen LogP contribution in [0.4, 0.5) is 0 Å². The van der Waals surface area contributed by atoms with Crippen LogP contribution in [0.15, 0.2) is 21.9 Å². The Hall–Kier alpha value is -0.850. The van der Waals surface area contributed by atoms with E-state index in [9.17, 15) is 4.79 Å². The highest BCUT2D eigenvalue weighted by Gasteiger charge is 2.13. The molecule has 92 valence electrons. The third-order valence-corrected chi connectivity index (χ3v) is 4.06. The van der Waals surface area contributed by atoms with E-state index in [-0.39, 0.29) is 5.91 Å². The highest BCUT2D eigenvalue weighted by atomic mass is 32.2. The Balaban J connectivity index is 1.70. The van der Waals surface area contributed by atoms with E-state index in [2.05, 4.69) is 15.4 Å². The van der Waals surface area contributed by atoms with Gasteiger partial charge in [0.25, 0.3) is 5.91 Å². The molecule has 0 aromatic carbocycles. The summed E-state index contributed by atoms with van der Waals surface area (Å²) in [6, 6.07) is 1.96. The van der Waals surface area contributed by atoms with Gasteiger partial charge in [-0.05, 0) is 16.8 Å². The van der Waals surface area contributed by atoms with Crippen molar-refractivity contribution in [1.82, 2.24) is 10.3 Å². The van der Waals surface area contributed by atoms with Crippen molar-refractivity contribution < 1.29 is 4.79 Å². The third-order valence-electron chi connectivity index (χ3n) is 2.42. The summed E-state index contributed by atoms with van der Waals surface area (Å²) in [5, 5.41) is 7.89. The van der Waals surface area contributed by atoms with Crippen molar-refractivity contribution >= 4 is 35.2 Å². The van der Waals surface area contributed by atoms with Gasteiger partial charge in [0.15, 0.2) is 0 Å². The Kier molecular flexibility index (Phi) is 5.03. The van der Waals surface area contributed by atoms with Gasteiger partial charge < -0.3 is 0 Å². The molecule has 1 aromatic heterocycles. The van der Waals surface area contributed by atoms with E-state index in [0.29, 0.717) is 6.54 Å². The molecule has 0 spiro atoms. The first kappa shape index (κ1) is 12.6. The number of hydrazone groups is 1. The minimum atomic E-state index is -0.0385. The molecule has 1 saturated heterocycles. The molecule has 4 nitrogen and oxygen atoms in total. The van der Waals surface area contributed by atoms with E-state index in [0.717, 1.165) is 30.2 Å². The predicted octanol–water partition coefficient (Wildman–Crippen LogP) is 1.25. The van der Waals surface area contributed by atoms with E-state index in [1.165, 1.54) is 0 Å². The van der Waals surface area contributed by atoms with Crippen LogP contribution < -0.4 is 5.43 Å². The molecule has 0 unspecified atom stereocenters. The van der Waals surface area contributed by atoms with E-state index >= 15 is 0 Å². The first-order valence-electron chi connectivity index (χ1n) is 5.49. The number of thiophene rings is 1. The fourth-order valence-corrected chi connectivity index (χ4v) is 3.11. The number of carbonyl (C=O) groups excluding carboxylic acids is 1. The second-order valence-electron chi connectivity index (χ2n) is 3.74. The average Bonchev–Trinajstić information content (AvgIpc) is 2.83. The first-order chi connectivity index (χ1) is 8.34. The maximum Gasteiger partial charge on any atom is 0.254 e. The first-order valence-corrected chi connectivity index (χ1v) is 7.58. The lowest BCUT2D eigenvalue weighted by atomic mass is 10.4. The fourth-order valence-electron chi connectivity index (χ4n) is 1.52. The summed E-state index contributed by atoms with van der Waals surface area (Å²) in [7, 11) is 0. The smallest absolute Gasteiger partial charge is 0.254 e. The standard InChI is InChI=1S/C11H15N3OS2/c15-11(8-14-2-5-16-6-3-14)13-12-7-10-1-4-17-9-10/h1,4,7,9H,2-3,5-6,8H2,(H,13,15)/b12-7+. The minimum absolute atomic E-state index is 0.0385. The molecule has 1 N–H and O–H groups in total. The summed E-state index contributed by atoms with van der Waals surface area (Å²) in [4.78, 5) is 13.7. The summed E-state index contributed by atoms with van der Waals surface area (Å²) in [5.74, 6) is 2.19. The van der Waals surface area contributed by atoms with Crippen LogP contribution in [0, 0.1) is 0 Å². The van der Waals surface area contributed by atoms with Crippen molar-refractivity contribution in [2.45, 2.75) is 0 Å². The van der Waals surface area contributed by atoms with Crippen LogP contribution in [0.5, 0.6) is 0 Å². The molecular formula is C11H15N3OS2. The summed E-state index contributed by atoms with van der Waals surface area (Å²) in [5.41, 5.74) is 3.57. The van der Waals surface area contributed by atoms with Gasteiger partial charge in [0.05, 0.1) is 12.8 Å². The summed E-state index contributed by atoms with van der Waals surface area (Å²) in [6.07, 6.45) is 1.67. The zero-order valence-corrected chi connectivity index (χ0v) is 11.1. The molecule has 1 aromatic rings. The molecule has 1 amide bonds. The number of hydrogen-bond acceptors (Lipinski definition) is 5. The number of carbonyl (C=O) groups is 1. The second kappa shape index (κ2) is 6.78. The van der Waals surface area contributed by atoms with Crippen LogP contribution in [0.1, 0.15) is 5.56 Å². The van der Waals surface area contributed by atoms with Crippen LogP contribution in [0.3, 0.4) is 0 Å². The maximum absolute atomic E-state index is 11.6. The van der Waals surface area contributed by atoms with Gasteiger partial charge in [-0.15, -0.1) is 0 Å². The number of hydrogen-bond donors (Lipinski definition) is 1. The molecule has 0 aliphatic carbocycles. The topological polar surface area (TPSA) is 44.7 Å².